The highest BCUT2D eigenvalue weighted by Crippen LogP contribution is 2.41. The van der Waals surface area contributed by atoms with Gasteiger partial charge in [-0.2, -0.15) is 0 Å². The summed E-state index contributed by atoms with van der Waals surface area (Å²) in [7, 11) is 1.40. The lowest BCUT2D eigenvalue weighted by atomic mass is 10.1. The molecule has 0 aromatic heterocycles. The number of methoxy groups -OCH3 is 1. The van der Waals surface area contributed by atoms with Crippen molar-refractivity contribution in [3.8, 4) is 0 Å². The average Bonchev–Trinajstić information content (AvgIpc) is 3.01. The van der Waals surface area contributed by atoms with Gasteiger partial charge in [0.2, 0.25) is 0 Å². The van der Waals surface area contributed by atoms with E-state index in [9.17, 15) is 4.79 Å². The van der Waals surface area contributed by atoms with E-state index >= 15 is 0 Å². The number of benzene rings is 1. The van der Waals surface area contributed by atoms with Crippen LogP contribution in [-0.4, -0.2) is 13.1 Å². The summed E-state index contributed by atoms with van der Waals surface area (Å²) in [4.78, 5) is 11.4. The van der Waals surface area contributed by atoms with E-state index in [2.05, 4.69) is 22.0 Å². The maximum Gasteiger partial charge on any atom is 0.339 e. The molecule has 0 heterocycles. The summed E-state index contributed by atoms with van der Waals surface area (Å²) in [5.74, 6) is 0.380. The third-order valence-corrected chi connectivity index (χ3v) is 3.14. The van der Waals surface area contributed by atoms with Crippen LogP contribution >= 0.6 is 15.9 Å². The van der Waals surface area contributed by atoms with Gasteiger partial charge in [-0.25, -0.2) is 4.79 Å². The molecule has 0 spiro atoms. The molecule has 0 N–H and O–H groups in total. The van der Waals surface area contributed by atoms with E-state index in [4.69, 9.17) is 4.74 Å². The zero-order valence-corrected chi connectivity index (χ0v) is 9.50. The molecular weight excluding hydrogens is 244 g/mol. The van der Waals surface area contributed by atoms with Crippen LogP contribution in [0.15, 0.2) is 22.7 Å². The Morgan fingerprint density at radius 3 is 2.79 bits per heavy atom. The van der Waals surface area contributed by atoms with E-state index in [0.717, 1.165) is 4.47 Å². The lowest BCUT2D eigenvalue weighted by Crippen LogP contribution is -2.02. The van der Waals surface area contributed by atoms with Crippen LogP contribution in [-0.2, 0) is 4.74 Å². The van der Waals surface area contributed by atoms with Crippen LogP contribution in [0.1, 0.15) is 34.7 Å². The zero-order chi connectivity index (χ0) is 10.1. The Morgan fingerprint density at radius 1 is 1.50 bits per heavy atom. The van der Waals surface area contributed by atoms with Crippen molar-refractivity contribution < 1.29 is 9.53 Å². The van der Waals surface area contributed by atoms with Crippen molar-refractivity contribution in [2.24, 2.45) is 0 Å². The molecule has 1 saturated carbocycles. The van der Waals surface area contributed by atoms with Gasteiger partial charge in [-0.05, 0) is 52.4 Å². The Kier molecular flexibility index (Phi) is 2.59. The molecule has 2 rings (SSSR count). The molecule has 0 saturated heterocycles. The summed E-state index contributed by atoms with van der Waals surface area (Å²) < 4.78 is 5.50. The van der Waals surface area contributed by atoms with Gasteiger partial charge in [0.1, 0.15) is 0 Å². The van der Waals surface area contributed by atoms with Crippen LogP contribution < -0.4 is 0 Å². The van der Waals surface area contributed by atoms with Crippen LogP contribution in [0.3, 0.4) is 0 Å². The summed E-state index contributed by atoms with van der Waals surface area (Å²) in [5.41, 5.74) is 1.87. The molecule has 0 atom stereocenters. The molecule has 1 aliphatic rings. The number of esters is 1. The van der Waals surface area contributed by atoms with Crippen LogP contribution in [0, 0.1) is 0 Å². The summed E-state index contributed by atoms with van der Waals surface area (Å²) in [6.45, 7) is 0. The van der Waals surface area contributed by atoms with E-state index in [1.54, 1.807) is 0 Å². The largest absolute Gasteiger partial charge is 0.465 e. The van der Waals surface area contributed by atoms with Gasteiger partial charge in [0.05, 0.1) is 12.7 Å². The molecule has 0 radical (unpaired) electrons. The first-order valence-corrected chi connectivity index (χ1v) is 5.39. The van der Waals surface area contributed by atoms with Gasteiger partial charge in [0, 0.05) is 4.47 Å². The first kappa shape index (κ1) is 9.71. The van der Waals surface area contributed by atoms with Crippen molar-refractivity contribution in [3.63, 3.8) is 0 Å². The van der Waals surface area contributed by atoms with E-state index < -0.39 is 0 Å². The van der Waals surface area contributed by atoms with Crippen molar-refractivity contribution >= 4 is 21.9 Å². The van der Waals surface area contributed by atoms with Crippen molar-refractivity contribution in [2.75, 3.05) is 7.11 Å². The molecular formula is C11H11BrO2. The number of hydrogen-bond acceptors (Lipinski definition) is 2. The molecule has 14 heavy (non-hydrogen) atoms. The molecule has 3 heteroatoms. The maximum absolute atomic E-state index is 11.4. The highest BCUT2D eigenvalue weighted by molar-refractivity contribution is 9.10. The van der Waals surface area contributed by atoms with Gasteiger partial charge in [0.15, 0.2) is 0 Å². The smallest absolute Gasteiger partial charge is 0.339 e. The number of halogens is 1. The minimum absolute atomic E-state index is 0.278. The van der Waals surface area contributed by atoms with Crippen molar-refractivity contribution in [1.29, 1.82) is 0 Å². The quantitative estimate of drug-likeness (QED) is 0.759. The molecule has 0 aliphatic heterocycles. The number of rotatable bonds is 2. The second kappa shape index (κ2) is 3.73. The van der Waals surface area contributed by atoms with Gasteiger partial charge in [-0.3, -0.25) is 0 Å². The van der Waals surface area contributed by atoms with Crippen LogP contribution in [0.2, 0.25) is 0 Å². The Morgan fingerprint density at radius 2 is 2.21 bits per heavy atom. The number of ether oxygens (including phenoxy) is 1. The fraction of sp³-hybridized carbons (Fsp3) is 0.364. The molecule has 0 bridgehead atoms. The molecule has 1 aromatic carbocycles. The second-order valence-corrected chi connectivity index (χ2v) is 4.36. The summed E-state index contributed by atoms with van der Waals surface area (Å²) >= 11 is 3.34. The van der Waals surface area contributed by atoms with Crippen molar-refractivity contribution in [3.05, 3.63) is 33.8 Å². The first-order chi connectivity index (χ1) is 6.72. The van der Waals surface area contributed by atoms with Crippen LogP contribution in [0.25, 0.3) is 0 Å². The molecule has 0 unspecified atom stereocenters. The minimum Gasteiger partial charge on any atom is -0.465 e. The summed E-state index contributed by atoms with van der Waals surface area (Å²) in [6.07, 6.45) is 2.48. The minimum atomic E-state index is -0.278. The van der Waals surface area contributed by atoms with Crippen molar-refractivity contribution in [2.45, 2.75) is 18.8 Å². The van der Waals surface area contributed by atoms with Gasteiger partial charge in [-0.1, -0.05) is 6.07 Å². The lowest BCUT2D eigenvalue weighted by molar-refractivity contribution is 0.0599. The van der Waals surface area contributed by atoms with E-state index in [-0.39, 0.29) is 5.97 Å². The molecule has 2 nitrogen and oxygen atoms in total. The second-order valence-electron chi connectivity index (χ2n) is 3.51. The van der Waals surface area contributed by atoms with E-state index in [1.807, 2.05) is 12.1 Å². The Bertz CT molecular complexity index is 370. The molecule has 74 valence electrons. The molecule has 1 aromatic rings. The Balaban J connectivity index is 2.36. The van der Waals surface area contributed by atoms with Gasteiger partial charge in [0.25, 0.3) is 0 Å². The molecule has 1 aliphatic carbocycles. The Hall–Kier alpha value is -0.830. The topological polar surface area (TPSA) is 26.3 Å². The van der Waals surface area contributed by atoms with E-state index in [1.165, 1.54) is 25.5 Å². The molecule has 0 amide bonds. The lowest BCUT2D eigenvalue weighted by Gasteiger charge is -2.04. The Labute approximate surface area is 91.4 Å². The summed E-state index contributed by atoms with van der Waals surface area (Å²) in [6, 6.07) is 5.90. The number of carbonyl (C=O) groups excluding carboxylic acids is 1. The highest BCUT2D eigenvalue weighted by Gasteiger charge is 2.24. The summed E-state index contributed by atoms with van der Waals surface area (Å²) in [5, 5.41) is 0. The number of carbonyl (C=O) groups is 1. The fourth-order valence-corrected chi connectivity index (χ4v) is 1.89. The third kappa shape index (κ3) is 1.82. The van der Waals surface area contributed by atoms with Crippen LogP contribution in [0.4, 0.5) is 0 Å². The predicted molar refractivity (Wildman–Crippen MR) is 57.5 cm³/mol. The van der Waals surface area contributed by atoms with Crippen molar-refractivity contribution in [1.82, 2.24) is 0 Å². The monoisotopic (exact) mass is 254 g/mol. The zero-order valence-electron chi connectivity index (χ0n) is 7.92. The predicted octanol–water partition coefficient (Wildman–Crippen LogP) is 3.11. The highest BCUT2D eigenvalue weighted by atomic mass is 79.9. The SMILES string of the molecule is COC(=O)c1cc(C2CC2)ccc1Br. The number of hydrogen-bond donors (Lipinski definition) is 0. The maximum atomic E-state index is 11.4. The van der Waals surface area contributed by atoms with Gasteiger partial charge >= 0.3 is 5.97 Å². The van der Waals surface area contributed by atoms with Gasteiger partial charge < -0.3 is 4.74 Å². The van der Waals surface area contributed by atoms with Crippen LogP contribution in [0.5, 0.6) is 0 Å². The van der Waals surface area contributed by atoms with Gasteiger partial charge in [-0.15, -0.1) is 0 Å². The normalized spacial score (nSPS) is 15.3. The first-order valence-electron chi connectivity index (χ1n) is 4.60. The standard InChI is InChI=1S/C11H11BrO2/c1-14-11(13)9-6-8(7-2-3-7)4-5-10(9)12/h4-7H,2-3H2,1H3. The average molecular weight is 255 g/mol. The van der Waals surface area contributed by atoms with E-state index in [0.29, 0.717) is 11.5 Å². The fourth-order valence-electron chi connectivity index (χ4n) is 1.48. The molecule has 1 fully saturated rings. The third-order valence-electron chi connectivity index (χ3n) is 2.44.